The zero-order valence-electron chi connectivity index (χ0n) is 16.3. The minimum atomic E-state index is -0.173. The van der Waals surface area contributed by atoms with Gasteiger partial charge in [-0.3, -0.25) is 4.79 Å². The molecule has 0 fully saturated rings. The summed E-state index contributed by atoms with van der Waals surface area (Å²) in [4.78, 5) is 17.7. The quantitative estimate of drug-likeness (QED) is 0.518. The lowest BCUT2D eigenvalue weighted by Gasteiger charge is -2.04. The van der Waals surface area contributed by atoms with Gasteiger partial charge in [-0.15, -0.1) is 11.3 Å². The Balaban J connectivity index is 1.42. The van der Waals surface area contributed by atoms with Crippen LogP contribution in [0.2, 0.25) is 0 Å². The van der Waals surface area contributed by atoms with Gasteiger partial charge >= 0.3 is 0 Å². The average molecular weight is 408 g/mol. The molecule has 0 atom stereocenters. The van der Waals surface area contributed by atoms with Crippen molar-refractivity contribution >= 4 is 17.2 Å². The monoisotopic (exact) mass is 408 g/mol. The molecule has 0 saturated carbocycles. The summed E-state index contributed by atoms with van der Waals surface area (Å²) in [5, 5.41) is 8.13. The van der Waals surface area contributed by atoms with Gasteiger partial charge in [-0.05, 0) is 56.3 Å². The van der Waals surface area contributed by atoms with Crippen molar-refractivity contribution in [2.75, 3.05) is 7.11 Å². The number of furan rings is 1. The number of benzene rings is 1. The maximum Gasteiger partial charge on any atom is 0.263 e. The molecule has 0 aliphatic heterocycles. The van der Waals surface area contributed by atoms with Crippen LogP contribution in [0.25, 0.3) is 16.5 Å². The summed E-state index contributed by atoms with van der Waals surface area (Å²) in [5.74, 6) is 2.10. The first kappa shape index (κ1) is 18.9. The third-order valence-corrected chi connectivity index (χ3v) is 5.54. The van der Waals surface area contributed by atoms with E-state index in [4.69, 9.17) is 9.15 Å². The third-order valence-electron chi connectivity index (χ3n) is 4.37. The molecule has 3 aromatic heterocycles. The van der Waals surface area contributed by atoms with E-state index < -0.39 is 0 Å². The van der Waals surface area contributed by atoms with Gasteiger partial charge in [-0.25, -0.2) is 9.67 Å². The molecule has 7 nitrogen and oxygen atoms in total. The first-order chi connectivity index (χ1) is 14.0. The van der Waals surface area contributed by atoms with Crippen molar-refractivity contribution in [1.82, 2.24) is 20.1 Å². The Bertz CT molecular complexity index is 1140. The van der Waals surface area contributed by atoms with Gasteiger partial charge < -0.3 is 14.5 Å². The smallest absolute Gasteiger partial charge is 0.263 e. The average Bonchev–Trinajstić information content (AvgIpc) is 3.46. The summed E-state index contributed by atoms with van der Waals surface area (Å²) in [5.41, 5.74) is 2.36. The first-order valence-corrected chi connectivity index (χ1v) is 9.86. The van der Waals surface area contributed by atoms with E-state index in [0.29, 0.717) is 27.9 Å². The van der Waals surface area contributed by atoms with Crippen molar-refractivity contribution in [3.8, 4) is 22.2 Å². The first-order valence-electron chi connectivity index (χ1n) is 9.05. The van der Waals surface area contributed by atoms with Crippen molar-refractivity contribution in [3.05, 3.63) is 70.7 Å². The second-order valence-corrected chi connectivity index (χ2v) is 7.48. The summed E-state index contributed by atoms with van der Waals surface area (Å²) in [7, 11) is 1.63. The second-order valence-electron chi connectivity index (χ2n) is 6.48. The SMILES string of the molecule is COc1ccc(-n2ccc(CNC(=O)c3sc(-c4ccc(C)o4)nc3C)n2)cc1. The van der Waals surface area contributed by atoms with Gasteiger partial charge in [0.1, 0.15) is 16.4 Å². The molecule has 3 heterocycles. The largest absolute Gasteiger partial charge is 0.497 e. The Morgan fingerprint density at radius 1 is 1.17 bits per heavy atom. The number of ether oxygens (including phenoxy) is 1. The van der Waals surface area contributed by atoms with Gasteiger partial charge in [0.15, 0.2) is 10.8 Å². The maximum absolute atomic E-state index is 12.6. The number of carbonyl (C=O) groups excluding carboxylic acids is 1. The predicted octanol–water partition coefficient (Wildman–Crippen LogP) is 4.14. The lowest BCUT2D eigenvalue weighted by Crippen LogP contribution is -2.22. The molecule has 0 unspecified atom stereocenters. The van der Waals surface area contributed by atoms with Crippen LogP contribution < -0.4 is 10.1 Å². The molecule has 0 aliphatic rings. The molecule has 148 valence electrons. The minimum Gasteiger partial charge on any atom is -0.497 e. The summed E-state index contributed by atoms with van der Waals surface area (Å²) < 4.78 is 12.5. The fourth-order valence-electron chi connectivity index (χ4n) is 2.85. The predicted molar refractivity (Wildman–Crippen MR) is 111 cm³/mol. The highest BCUT2D eigenvalue weighted by Crippen LogP contribution is 2.29. The number of aryl methyl sites for hydroxylation is 2. The number of hydrogen-bond acceptors (Lipinski definition) is 6. The number of nitrogens with one attached hydrogen (secondary N) is 1. The molecule has 4 rings (SSSR count). The molecular formula is C21H20N4O3S. The Morgan fingerprint density at radius 2 is 1.97 bits per heavy atom. The molecule has 0 bridgehead atoms. The summed E-state index contributed by atoms with van der Waals surface area (Å²) in [6.45, 7) is 4.03. The molecule has 1 aromatic carbocycles. The fourth-order valence-corrected chi connectivity index (χ4v) is 3.79. The fraction of sp³-hybridized carbons (Fsp3) is 0.190. The van der Waals surface area contributed by atoms with Crippen LogP contribution >= 0.6 is 11.3 Å². The normalized spacial score (nSPS) is 10.9. The van der Waals surface area contributed by atoms with Crippen molar-refractivity contribution in [1.29, 1.82) is 0 Å². The van der Waals surface area contributed by atoms with Crippen LogP contribution in [0.3, 0.4) is 0 Å². The Labute approximate surface area is 172 Å². The minimum absolute atomic E-state index is 0.173. The Morgan fingerprint density at radius 3 is 2.66 bits per heavy atom. The van der Waals surface area contributed by atoms with Gasteiger partial charge in [0.25, 0.3) is 5.91 Å². The summed E-state index contributed by atoms with van der Waals surface area (Å²) in [6.07, 6.45) is 1.86. The van der Waals surface area contributed by atoms with Crippen LogP contribution in [0.4, 0.5) is 0 Å². The van der Waals surface area contributed by atoms with Crippen molar-refractivity contribution < 1.29 is 13.9 Å². The summed E-state index contributed by atoms with van der Waals surface area (Å²) >= 11 is 1.32. The number of nitrogens with zero attached hydrogens (tertiary/aromatic N) is 3. The number of aromatic nitrogens is 3. The van der Waals surface area contributed by atoms with Gasteiger partial charge in [0, 0.05) is 6.20 Å². The standard InChI is InChI=1S/C21H20N4O3S/c1-13-4-9-18(28-13)21-23-14(2)19(29-21)20(26)22-12-15-10-11-25(24-15)16-5-7-17(27-3)8-6-16/h4-11H,12H2,1-3H3,(H,22,26). The van der Waals surface area contributed by atoms with Crippen LogP contribution in [-0.4, -0.2) is 27.8 Å². The Hall–Kier alpha value is -3.39. The van der Waals surface area contributed by atoms with Gasteiger partial charge in [0.05, 0.1) is 30.7 Å². The molecule has 0 radical (unpaired) electrons. The summed E-state index contributed by atoms with van der Waals surface area (Å²) in [6, 6.07) is 13.2. The molecule has 29 heavy (non-hydrogen) atoms. The van der Waals surface area contributed by atoms with Crippen molar-refractivity contribution in [2.45, 2.75) is 20.4 Å². The highest BCUT2D eigenvalue weighted by atomic mass is 32.1. The molecule has 1 N–H and O–H groups in total. The van der Waals surface area contributed by atoms with E-state index in [1.807, 2.05) is 62.5 Å². The topological polar surface area (TPSA) is 82.2 Å². The Kier molecular flexibility index (Phi) is 5.18. The lowest BCUT2D eigenvalue weighted by atomic mass is 10.3. The maximum atomic E-state index is 12.6. The van der Waals surface area contributed by atoms with Gasteiger partial charge in [0.2, 0.25) is 0 Å². The number of amides is 1. The van der Waals surface area contributed by atoms with E-state index in [1.165, 1.54) is 11.3 Å². The third kappa shape index (κ3) is 4.07. The number of hydrogen-bond donors (Lipinski definition) is 1. The van der Waals surface area contributed by atoms with Crippen LogP contribution in [0.1, 0.15) is 26.8 Å². The van der Waals surface area contributed by atoms with E-state index in [-0.39, 0.29) is 5.91 Å². The van der Waals surface area contributed by atoms with E-state index in [2.05, 4.69) is 15.4 Å². The molecule has 4 aromatic rings. The van der Waals surface area contributed by atoms with Crippen molar-refractivity contribution in [2.24, 2.45) is 0 Å². The van der Waals surface area contributed by atoms with Gasteiger partial charge in [-0.1, -0.05) is 0 Å². The number of rotatable bonds is 6. The van der Waals surface area contributed by atoms with Crippen molar-refractivity contribution in [3.63, 3.8) is 0 Å². The van der Waals surface area contributed by atoms with Crippen LogP contribution in [0.5, 0.6) is 5.75 Å². The van der Waals surface area contributed by atoms with Crippen LogP contribution in [-0.2, 0) is 6.54 Å². The molecule has 0 spiro atoms. The van der Waals surface area contributed by atoms with Gasteiger partial charge in [-0.2, -0.15) is 5.10 Å². The van der Waals surface area contributed by atoms with E-state index in [1.54, 1.807) is 11.8 Å². The lowest BCUT2D eigenvalue weighted by molar-refractivity contribution is 0.0953. The zero-order valence-corrected chi connectivity index (χ0v) is 17.1. The van der Waals surface area contributed by atoms with E-state index in [9.17, 15) is 4.79 Å². The van der Waals surface area contributed by atoms with Crippen LogP contribution in [0.15, 0.2) is 53.1 Å². The van der Waals surface area contributed by atoms with E-state index in [0.717, 1.165) is 22.9 Å². The highest BCUT2D eigenvalue weighted by Gasteiger charge is 2.18. The number of thiazole rings is 1. The molecule has 1 amide bonds. The molecule has 0 saturated heterocycles. The molecule has 0 aliphatic carbocycles. The number of carbonyl (C=O) groups is 1. The van der Waals surface area contributed by atoms with E-state index >= 15 is 0 Å². The second kappa shape index (κ2) is 7.92. The highest BCUT2D eigenvalue weighted by molar-refractivity contribution is 7.17. The zero-order chi connectivity index (χ0) is 20.4. The van der Waals surface area contributed by atoms with Crippen LogP contribution in [0, 0.1) is 13.8 Å². The number of methoxy groups -OCH3 is 1. The molecule has 8 heteroatoms. The molecular weight excluding hydrogens is 388 g/mol.